The molecule has 1 heterocycles. The standard InChI is InChI=1S/C12H18N6/c1-13-10-4-6-11(7-5-10)18-12(14-15-16-18)8-9-17(2)3/h4-7,13H,8-9H2,1-3H3. The zero-order chi connectivity index (χ0) is 13.0. The molecule has 6 heteroatoms. The molecule has 6 nitrogen and oxygen atoms in total. The summed E-state index contributed by atoms with van der Waals surface area (Å²) in [7, 11) is 5.97. The molecule has 1 aromatic carbocycles. The summed E-state index contributed by atoms with van der Waals surface area (Å²) >= 11 is 0. The topological polar surface area (TPSA) is 58.9 Å². The molecule has 0 amide bonds. The highest BCUT2D eigenvalue weighted by atomic mass is 15.5. The summed E-state index contributed by atoms with van der Waals surface area (Å²) in [5.74, 6) is 0.876. The largest absolute Gasteiger partial charge is 0.388 e. The Kier molecular flexibility index (Phi) is 3.88. The maximum absolute atomic E-state index is 4.07. The smallest absolute Gasteiger partial charge is 0.157 e. The van der Waals surface area contributed by atoms with Crippen molar-refractivity contribution in [2.24, 2.45) is 0 Å². The van der Waals surface area contributed by atoms with E-state index >= 15 is 0 Å². The Morgan fingerprint density at radius 1 is 1.22 bits per heavy atom. The third-order valence-corrected chi connectivity index (χ3v) is 2.72. The molecule has 0 bridgehead atoms. The van der Waals surface area contributed by atoms with Crippen LogP contribution >= 0.6 is 0 Å². The van der Waals surface area contributed by atoms with Crippen molar-refractivity contribution < 1.29 is 0 Å². The highest BCUT2D eigenvalue weighted by molar-refractivity contribution is 5.48. The lowest BCUT2D eigenvalue weighted by Crippen LogP contribution is -2.17. The molecule has 0 aliphatic rings. The van der Waals surface area contributed by atoms with E-state index in [-0.39, 0.29) is 0 Å². The van der Waals surface area contributed by atoms with E-state index in [1.807, 2.05) is 45.4 Å². The average Bonchev–Trinajstić information content (AvgIpc) is 2.85. The molecule has 1 aromatic heterocycles. The number of hydrogen-bond donors (Lipinski definition) is 1. The molecule has 18 heavy (non-hydrogen) atoms. The Balaban J connectivity index is 2.19. The van der Waals surface area contributed by atoms with E-state index in [4.69, 9.17) is 0 Å². The quantitative estimate of drug-likeness (QED) is 0.846. The molecule has 1 N–H and O–H groups in total. The average molecular weight is 246 g/mol. The number of rotatable bonds is 5. The molecule has 0 saturated carbocycles. The van der Waals surface area contributed by atoms with Crippen LogP contribution in [0.1, 0.15) is 5.82 Å². The second-order valence-electron chi connectivity index (χ2n) is 4.36. The first kappa shape index (κ1) is 12.5. The van der Waals surface area contributed by atoms with Crippen molar-refractivity contribution in [3.05, 3.63) is 30.1 Å². The Morgan fingerprint density at radius 2 is 1.94 bits per heavy atom. The fraction of sp³-hybridized carbons (Fsp3) is 0.417. The summed E-state index contributed by atoms with van der Waals surface area (Å²) in [5.41, 5.74) is 2.05. The van der Waals surface area contributed by atoms with E-state index in [0.717, 1.165) is 30.2 Å². The fourth-order valence-corrected chi connectivity index (χ4v) is 1.66. The Hall–Kier alpha value is -1.95. The Morgan fingerprint density at radius 3 is 2.56 bits per heavy atom. The molecule has 0 atom stereocenters. The normalized spacial score (nSPS) is 10.9. The molecule has 0 aliphatic carbocycles. The minimum absolute atomic E-state index is 0.827. The van der Waals surface area contributed by atoms with Gasteiger partial charge < -0.3 is 10.2 Å². The van der Waals surface area contributed by atoms with Crippen molar-refractivity contribution in [3.63, 3.8) is 0 Å². The minimum atomic E-state index is 0.827. The van der Waals surface area contributed by atoms with Gasteiger partial charge in [0.1, 0.15) is 0 Å². The molecular weight excluding hydrogens is 228 g/mol. The lowest BCUT2D eigenvalue weighted by Gasteiger charge is -2.09. The summed E-state index contributed by atoms with van der Waals surface area (Å²) in [6, 6.07) is 8.02. The minimum Gasteiger partial charge on any atom is -0.388 e. The summed E-state index contributed by atoms with van der Waals surface area (Å²) in [4.78, 5) is 2.11. The summed E-state index contributed by atoms with van der Waals surface area (Å²) < 4.78 is 1.78. The van der Waals surface area contributed by atoms with Crippen molar-refractivity contribution in [1.82, 2.24) is 25.1 Å². The van der Waals surface area contributed by atoms with E-state index in [1.165, 1.54) is 0 Å². The maximum Gasteiger partial charge on any atom is 0.157 e. The van der Waals surface area contributed by atoms with Crippen molar-refractivity contribution >= 4 is 5.69 Å². The maximum atomic E-state index is 4.07. The van der Waals surface area contributed by atoms with E-state index in [9.17, 15) is 0 Å². The van der Waals surface area contributed by atoms with Crippen LogP contribution in [0.2, 0.25) is 0 Å². The second kappa shape index (κ2) is 5.59. The van der Waals surface area contributed by atoms with E-state index < -0.39 is 0 Å². The lowest BCUT2D eigenvalue weighted by molar-refractivity contribution is 0.408. The third kappa shape index (κ3) is 2.84. The molecule has 0 aliphatic heterocycles. The van der Waals surface area contributed by atoms with Gasteiger partial charge in [0.2, 0.25) is 0 Å². The van der Waals surface area contributed by atoms with Gasteiger partial charge in [0.15, 0.2) is 5.82 Å². The molecule has 0 radical (unpaired) electrons. The number of benzene rings is 1. The number of nitrogens with one attached hydrogen (secondary N) is 1. The van der Waals surface area contributed by atoms with Crippen LogP contribution in [0.15, 0.2) is 24.3 Å². The monoisotopic (exact) mass is 246 g/mol. The number of hydrogen-bond acceptors (Lipinski definition) is 5. The van der Waals surface area contributed by atoms with Gasteiger partial charge in [0.25, 0.3) is 0 Å². The number of likely N-dealkylation sites (N-methyl/N-ethyl adjacent to an activating group) is 1. The highest BCUT2D eigenvalue weighted by Gasteiger charge is 2.08. The molecule has 2 rings (SSSR count). The van der Waals surface area contributed by atoms with Gasteiger partial charge in [-0.25, -0.2) is 0 Å². The zero-order valence-corrected chi connectivity index (χ0v) is 11.0. The van der Waals surface area contributed by atoms with Gasteiger partial charge in [-0.05, 0) is 48.8 Å². The van der Waals surface area contributed by atoms with Crippen LogP contribution in [0.4, 0.5) is 5.69 Å². The molecule has 0 spiro atoms. The predicted octanol–water partition coefficient (Wildman–Crippen LogP) is 0.808. The third-order valence-electron chi connectivity index (χ3n) is 2.72. The van der Waals surface area contributed by atoms with Crippen molar-refractivity contribution in [1.29, 1.82) is 0 Å². The van der Waals surface area contributed by atoms with E-state index in [2.05, 4.69) is 25.7 Å². The van der Waals surface area contributed by atoms with Gasteiger partial charge in [-0.1, -0.05) is 0 Å². The summed E-state index contributed by atoms with van der Waals surface area (Å²) in [6.45, 7) is 0.926. The van der Waals surface area contributed by atoms with Gasteiger partial charge in [0, 0.05) is 25.7 Å². The Labute approximate surface area is 107 Å². The van der Waals surface area contributed by atoms with Crippen LogP contribution in [0.3, 0.4) is 0 Å². The van der Waals surface area contributed by atoms with E-state index in [1.54, 1.807) is 4.68 Å². The lowest BCUT2D eigenvalue weighted by atomic mass is 10.2. The summed E-state index contributed by atoms with van der Waals surface area (Å²) in [6.07, 6.45) is 0.827. The van der Waals surface area contributed by atoms with Crippen molar-refractivity contribution in [3.8, 4) is 5.69 Å². The van der Waals surface area contributed by atoms with Gasteiger partial charge >= 0.3 is 0 Å². The number of anilines is 1. The summed E-state index contributed by atoms with van der Waals surface area (Å²) in [5, 5.41) is 14.9. The van der Waals surface area contributed by atoms with Crippen LogP contribution in [0.25, 0.3) is 5.69 Å². The van der Waals surface area contributed by atoms with Crippen LogP contribution in [0, 0.1) is 0 Å². The van der Waals surface area contributed by atoms with Gasteiger partial charge in [-0.2, -0.15) is 4.68 Å². The van der Waals surface area contributed by atoms with Gasteiger partial charge in [0.05, 0.1) is 5.69 Å². The second-order valence-corrected chi connectivity index (χ2v) is 4.36. The number of aromatic nitrogens is 4. The fourth-order valence-electron chi connectivity index (χ4n) is 1.66. The molecule has 0 saturated heterocycles. The van der Waals surface area contributed by atoms with Crippen LogP contribution in [0.5, 0.6) is 0 Å². The highest BCUT2D eigenvalue weighted by Crippen LogP contribution is 2.13. The predicted molar refractivity (Wildman–Crippen MR) is 71.0 cm³/mol. The first-order chi connectivity index (χ1) is 8.70. The van der Waals surface area contributed by atoms with Crippen molar-refractivity contribution in [2.75, 3.05) is 33.0 Å². The Bertz CT molecular complexity index is 488. The van der Waals surface area contributed by atoms with Crippen LogP contribution in [-0.4, -0.2) is 52.8 Å². The molecule has 2 aromatic rings. The first-order valence-corrected chi connectivity index (χ1v) is 5.91. The zero-order valence-electron chi connectivity index (χ0n) is 11.0. The van der Waals surface area contributed by atoms with Crippen LogP contribution in [-0.2, 0) is 6.42 Å². The van der Waals surface area contributed by atoms with Crippen LogP contribution < -0.4 is 5.32 Å². The molecule has 0 fully saturated rings. The van der Waals surface area contributed by atoms with Crippen molar-refractivity contribution in [2.45, 2.75) is 6.42 Å². The van der Waals surface area contributed by atoms with Gasteiger partial charge in [-0.15, -0.1) is 5.10 Å². The first-order valence-electron chi connectivity index (χ1n) is 5.91. The SMILES string of the molecule is CNc1ccc(-n2nnnc2CCN(C)C)cc1. The molecular formula is C12H18N6. The molecule has 0 unspecified atom stereocenters. The van der Waals surface area contributed by atoms with E-state index in [0.29, 0.717) is 0 Å². The molecule has 96 valence electrons. The van der Waals surface area contributed by atoms with Gasteiger partial charge in [-0.3, -0.25) is 0 Å². The number of nitrogens with zero attached hydrogens (tertiary/aromatic N) is 5. The number of tetrazole rings is 1.